The van der Waals surface area contributed by atoms with Gasteiger partial charge in [-0.05, 0) is 32.3 Å². The molecular formula is C18H29N5O2. The Morgan fingerprint density at radius 2 is 1.84 bits per heavy atom. The summed E-state index contributed by atoms with van der Waals surface area (Å²) in [5.41, 5.74) is 1.24. The van der Waals surface area contributed by atoms with Crippen molar-refractivity contribution in [3.8, 4) is 0 Å². The standard InChI is InChI=1S/C18H29N5O2/c1-15-13-20-16(21-14-15)3-6-19-17(24)22-7-4-18(2,5-8-22)23-9-11-25-12-10-23/h13-14H,3-12H2,1-2H3,(H,19,24). The maximum Gasteiger partial charge on any atom is 0.317 e. The van der Waals surface area contributed by atoms with Gasteiger partial charge in [0, 0.05) is 57.1 Å². The van der Waals surface area contributed by atoms with Gasteiger partial charge in [0.15, 0.2) is 0 Å². The van der Waals surface area contributed by atoms with Gasteiger partial charge >= 0.3 is 6.03 Å². The highest BCUT2D eigenvalue weighted by atomic mass is 16.5. The molecule has 0 spiro atoms. The lowest BCUT2D eigenvalue weighted by atomic mass is 9.87. The van der Waals surface area contributed by atoms with Crippen molar-refractivity contribution in [2.45, 2.75) is 38.6 Å². The highest BCUT2D eigenvalue weighted by molar-refractivity contribution is 5.74. The molecule has 2 fully saturated rings. The van der Waals surface area contributed by atoms with Gasteiger partial charge in [-0.3, -0.25) is 4.90 Å². The van der Waals surface area contributed by atoms with Gasteiger partial charge in [0.25, 0.3) is 0 Å². The number of aryl methyl sites for hydroxylation is 1. The Morgan fingerprint density at radius 3 is 2.48 bits per heavy atom. The van der Waals surface area contributed by atoms with Gasteiger partial charge in [-0.25, -0.2) is 14.8 Å². The predicted octanol–water partition coefficient (Wildman–Crippen LogP) is 1.22. The lowest BCUT2D eigenvalue weighted by Crippen LogP contribution is -2.58. The van der Waals surface area contributed by atoms with E-state index < -0.39 is 0 Å². The molecule has 0 unspecified atom stereocenters. The number of amides is 2. The van der Waals surface area contributed by atoms with Gasteiger partial charge < -0.3 is 15.0 Å². The summed E-state index contributed by atoms with van der Waals surface area (Å²) in [6.07, 6.45) is 6.30. The maximum atomic E-state index is 12.4. The molecule has 1 N–H and O–H groups in total. The summed E-state index contributed by atoms with van der Waals surface area (Å²) < 4.78 is 5.46. The summed E-state index contributed by atoms with van der Waals surface area (Å²) in [4.78, 5) is 25.4. The lowest BCUT2D eigenvalue weighted by Gasteiger charge is -2.48. The van der Waals surface area contributed by atoms with Crippen molar-refractivity contribution in [3.63, 3.8) is 0 Å². The maximum absolute atomic E-state index is 12.4. The van der Waals surface area contributed by atoms with Crippen molar-refractivity contribution >= 4 is 6.03 Å². The van der Waals surface area contributed by atoms with E-state index in [1.807, 2.05) is 11.8 Å². The monoisotopic (exact) mass is 347 g/mol. The molecule has 1 aromatic heterocycles. The molecule has 0 atom stereocenters. The van der Waals surface area contributed by atoms with Gasteiger partial charge in [0.2, 0.25) is 0 Å². The van der Waals surface area contributed by atoms with Gasteiger partial charge in [-0.2, -0.15) is 0 Å². The molecule has 0 aliphatic carbocycles. The third-order valence-electron chi connectivity index (χ3n) is 5.36. The molecule has 7 nitrogen and oxygen atoms in total. The average molecular weight is 347 g/mol. The van der Waals surface area contributed by atoms with E-state index in [2.05, 4.69) is 27.1 Å². The smallest absolute Gasteiger partial charge is 0.317 e. The van der Waals surface area contributed by atoms with Crippen molar-refractivity contribution in [2.75, 3.05) is 45.9 Å². The van der Waals surface area contributed by atoms with E-state index in [1.54, 1.807) is 12.4 Å². The topological polar surface area (TPSA) is 70.6 Å². The second-order valence-corrected chi connectivity index (χ2v) is 7.24. The number of nitrogens with zero attached hydrogens (tertiary/aromatic N) is 4. The fourth-order valence-electron chi connectivity index (χ4n) is 3.55. The number of rotatable bonds is 4. The summed E-state index contributed by atoms with van der Waals surface area (Å²) in [5, 5.41) is 3.00. The van der Waals surface area contributed by atoms with E-state index in [4.69, 9.17) is 4.74 Å². The molecule has 0 aromatic carbocycles. The molecule has 2 saturated heterocycles. The van der Waals surface area contributed by atoms with Crippen LogP contribution in [0.25, 0.3) is 0 Å². The van der Waals surface area contributed by atoms with Crippen molar-refractivity contribution in [3.05, 3.63) is 23.8 Å². The summed E-state index contributed by atoms with van der Waals surface area (Å²) in [5.74, 6) is 0.768. The van der Waals surface area contributed by atoms with Crippen LogP contribution in [0.5, 0.6) is 0 Å². The Hall–Kier alpha value is -1.73. The number of piperidine rings is 1. The number of carbonyl (C=O) groups is 1. The quantitative estimate of drug-likeness (QED) is 0.887. The Balaban J connectivity index is 1.41. The summed E-state index contributed by atoms with van der Waals surface area (Å²) in [6.45, 7) is 10.1. The molecule has 138 valence electrons. The van der Waals surface area contributed by atoms with Gasteiger partial charge in [0.05, 0.1) is 13.2 Å². The number of hydrogen-bond donors (Lipinski definition) is 1. The zero-order valence-corrected chi connectivity index (χ0v) is 15.3. The Morgan fingerprint density at radius 1 is 1.20 bits per heavy atom. The van der Waals surface area contributed by atoms with Crippen LogP contribution in [0.4, 0.5) is 4.79 Å². The van der Waals surface area contributed by atoms with Crippen molar-refractivity contribution in [1.29, 1.82) is 0 Å². The number of urea groups is 1. The van der Waals surface area contributed by atoms with E-state index in [9.17, 15) is 4.79 Å². The van der Waals surface area contributed by atoms with E-state index >= 15 is 0 Å². The van der Waals surface area contributed by atoms with Crippen LogP contribution in [-0.2, 0) is 11.2 Å². The molecule has 25 heavy (non-hydrogen) atoms. The first-order valence-electron chi connectivity index (χ1n) is 9.20. The van der Waals surface area contributed by atoms with Crippen molar-refractivity contribution in [2.24, 2.45) is 0 Å². The summed E-state index contributed by atoms with van der Waals surface area (Å²) >= 11 is 0. The number of ether oxygens (including phenoxy) is 1. The normalized spacial score (nSPS) is 21.1. The Bertz CT molecular complexity index is 563. The highest BCUT2D eigenvalue weighted by Crippen LogP contribution is 2.29. The van der Waals surface area contributed by atoms with E-state index in [0.29, 0.717) is 13.0 Å². The number of hydrogen-bond acceptors (Lipinski definition) is 5. The molecule has 3 heterocycles. The number of aromatic nitrogens is 2. The third kappa shape index (κ3) is 4.67. The third-order valence-corrected chi connectivity index (χ3v) is 5.36. The van der Waals surface area contributed by atoms with E-state index in [1.165, 1.54) is 0 Å². The second kappa shape index (κ2) is 8.10. The minimum atomic E-state index is 0.0242. The van der Waals surface area contributed by atoms with Crippen LogP contribution in [0.2, 0.25) is 0 Å². The molecule has 2 amide bonds. The highest BCUT2D eigenvalue weighted by Gasteiger charge is 2.37. The Kier molecular flexibility index (Phi) is 5.86. The van der Waals surface area contributed by atoms with E-state index in [-0.39, 0.29) is 11.6 Å². The SMILES string of the molecule is Cc1cnc(CCNC(=O)N2CCC(C)(N3CCOCC3)CC2)nc1. The molecule has 3 rings (SSSR count). The van der Waals surface area contributed by atoms with E-state index in [0.717, 1.165) is 63.6 Å². The molecule has 0 saturated carbocycles. The molecule has 0 bridgehead atoms. The van der Waals surface area contributed by atoms with Gasteiger partial charge in [0.1, 0.15) is 5.82 Å². The van der Waals surface area contributed by atoms with Crippen LogP contribution in [0.3, 0.4) is 0 Å². The number of nitrogens with one attached hydrogen (secondary N) is 1. The summed E-state index contributed by atoms with van der Waals surface area (Å²) in [6, 6.07) is 0.0242. The lowest BCUT2D eigenvalue weighted by molar-refractivity contribution is -0.0356. The molecule has 7 heteroatoms. The zero-order chi connectivity index (χ0) is 17.7. The van der Waals surface area contributed by atoms with Crippen LogP contribution < -0.4 is 5.32 Å². The van der Waals surface area contributed by atoms with Crippen LogP contribution in [0, 0.1) is 6.92 Å². The molecule has 0 radical (unpaired) electrons. The predicted molar refractivity (Wildman–Crippen MR) is 95.5 cm³/mol. The minimum Gasteiger partial charge on any atom is -0.379 e. The number of likely N-dealkylation sites (tertiary alicyclic amines) is 1. The van der Waals surface area contributed by atoms with Crippen LogP contribution in [0.1, 0.15) is 31.2 Å². The fraction of sp³-hybridized carbons (Fsp3) is 0.722. The second-order valence-electron chi connectivity index (χ2n) is 7.24. The zero-order valence-electron chi connectivity index (χ0n) is 15.3. The van der Waals surface area contributed by atoms with Gasteiger partial charge in [-0.1, -0.05) is 0 Å². The first-order chi connectivity index (χ1) is 12.1. The largest absolute Gasteiger partial charge is 0.379 e. The van der Waals surface area contributed by atoms with Gasteiger partial charge in [-0.15, -0.1) is 0 Å². The summed E-state index contributed by atoms with van der Waals surface area (Å²) in [7, 11) is 0. The Labute approximate surface area is 149 Å². The minimum absolute atomic E-state index is 0.0242. The van der Waals surface area contributed by atoms with Crippen molar-refractivity contribution in [1.82, 2.24) is 25.1 Å². The van der Waals surface area contributed by atoms with Crippen LogP contribution in [0.15, 0.2) is 12.4 Å². The average Bonchev–Trinajstić information content (AvgIpc) is 2.64. The molecular weight excluding hydrogens is 318 g/mol. The molecule has 2 aliphatic heterocycles. The fourth-order valence-corrected chi connectivity index (χ4v) is 3.55. The molecule has 2 aliphatic rings. The van der Waals surface area contributed by atoms with Crippen LogP contribution >= 0.6 is 0 Å². The van der Waals surface area contributed by atoms with Crippen LogP contribution in [-0.4, -0.2) is 77.3 Å². The first-order valence-corrected chi connectivity index (χ1v) is 9.20. The molecule has 1 aromatic rings. The number of morpholine rings is 1. The number of carbonyl (C=O) groups excluding carboxylic acids is 1. The first kappa shape index (κ1) is 18.1. The van der Waals surface area contributed by atoms with Crippen molar-refractivity contribution < 1.29 is 9.53 Å².